The van der Waals surface area contributed by atoms with E-state index in [9.17, 15) is 5.11 Å². The van der Waals surface area contributed by atoms with Crippen molar-refractivity contribution in [2.45, 2.75) is 19.6 Å². The summed E-state index contributed by atoms with van der Waals surface area (Å²) in [6, 6.07) is 9.58. The Balaban J connectivity index is 1.77. The van der Waals surface area contributed by atoms with Gasteiger partial charge >= 0.3 is 0 Å². The first kappa shape index (κ1) is 12.5. The molecule has 102 valence electrons. The third-order valence-corrected chi connectivity index (χ3v) is 2.78. The van der Waals surface area contributed by atoms with Crippen LogP contribution in [0.4, 0.5) is 0 Å². The number of aromatic nitrogens is 5. The zero-order valence-corrected chi connectivity index (χ0v) is 10.8. The van der Waals surface area contributed by atoms with Crippen LogP contribution in [0.1, 0.15) is 24.6 Å². The molecule has 0 spiro atoms. The fraction of sp³-hybridized carbons (Fsp3) is 0.231. The maximum atomic E-state index is 9.39. The third kappa shape index (κ3) is 2.57. The van der Waals surface area contributed by atoms with Crippen molar-refractivity contribution < 1.29 is 9.63 Å². The maximum Gasteiger partial charge on any atom is 0.248 e. The second-order valence-corrected chi connectivity index (χ2v) is 4.39. The molecule has 1 aromatic carbocycles. The molecule has 1 atom stereocenters. The summed E-state index contributed by atoms with van der Waals surface area (Å²) < 4.78 is 6.73. The van der Waals surface area contributed by atoms with Crippen LogP contribution in [0, 0.1) is 0 Å². The second-order valence-electron chi connectivity index (χ2n) is 4.39. The summed E-state index contributed by atoms with van der Waals surface area (Å²) in [5.74, 6) is 0.974. The van der Waals surface area contributed by atoms with Gasteiger partial charge < -0.3 is 9.63 Å². The number of aliphatic hydroxyl groups excluding tert-OH is 1. The molecule has 0 aliphatic heterocycles. The average Bonchev–Trinajstić information content (AvgIpc) is 3.10. The van der Waals surface area contributed by atoms with Crippen LogP contribution in [0.3, 0.4) is 0 Å². The van der Waals surface area contributed by atoms with Crippen LogP contribution in [-0.4, -0.2) is 30.2 Å². The highest BCUT2D eigenvalue weighted by atomic mass is 16.5. The first-order valence-corrected chi connectivity index (χ1v) is 6.18. The molecular weight excluding hydrogens is 258 g/mol. The van der Waals surface area contributed by atoms with Crippen molar-refractivity contribution in [3.63, 3.8) is 0 Å². The number of hydrogen-bond acceptors (Lipinski definition) is 6. The van der Waals surface area contributed by atoms with E-state index in [0.717, 1.165) is 5.56 Å². The minimum Gasteiger partial charge on any atom is -0.387 e. The minimum atomic E-state index is -0.647. The van der Waals surface area contributed by atoms with Crippen LogP contribution >= 0.6 is 0 Å². The van der Waals surface area contributed by atoms with Crippen molar-refractivity contribution >= 4 is 0 Å². The SMILES string of the molecule is CC(O)c1cn(Cc2nc(-c3ccccc3)no2)nn1. The van der Waals surface area contributed by atoms with E-state index in [1.807, 2.05) is 30.3 Å². The predicted octanol–water partition coefficient (Wildman–Crippen LogP) is 1.43. The molecule has 2 heterocycles. The van der Waals surface area contributed by atoms with E-state index in [-0.39, 0.29) is 0 Å². The van der Waals surface area contributed by atoms with Crippen LogP contribution in [-0.2, 0) is 6.54 Å². The molecule has 0 saturated heterocycles. The highest BCUT2D eigenvalue weighted by molar-refractivity contribution is 5.53. The Morgan fingerprint density at radius 1 is 1.30 bits per heavy atom. The lowest BCUT2D eigenvalue weighted by atomic mass is 10.2. The van der Waals surface area contributed by atoms with Crippen molar-refractivity contribution in [2.24, 2.45) is 0 Å². The molecule has 0 aliphatic rings. The molecule has 20 heavy (non-hydrogen) atoms. The second kappa shape index (κ2) is 5.22. The summed E-state index contributed by atoms with van der Waals surface area (Å²) >= 11 is 0. The van der Waals surface area contributed by atoms with Crippen molar-refractivity contribution in [3.8, 4) is 11.4 Å². The van der Waals surface area contributed by atoms with Gasteiger partial charge in [-0.15, -0.1) is 5.10 Å². The summed E-state index contributed by atoms with van der Waals surface area (Å²) in [4.78, 5) is 4.30. The molecule has 0 saturated carbocycles. The van der Waals surface area contributed by atoms with Crippen molar-refractivity contribution in [1.29, 1.82) is 0 Å². The van der Waals surface area contributed by atoms with Crippen LogP contribution in [0.2, 0.25) is 0 Å². The Kier molecular flexibility index (Phi) is 3.26. The van der Waals surface area contributed by atoms with Gasteiger partial charge in [-0.1, -0.05) is 40.7 Å². The van der Waals surface area contributed by atoms with Crippen molar-refractivity contribution in [1.82, 2.24) is 25.1 Å². The minimum absolute atomic E-state index is 0.319. The number of benzene rings is 1. The lowest BCUT2D eigenvalue weighted by Gasteiger charge is -1.95. The van der Waals surface area contributed by atoms with Gasteiger partial charge in [0, 0.05) is 5.56 Å². The predicted molar refractivity (Wildman–Crippen MR) is 69.5 cm³/mol. The van der Waals surface area contributed by atoms with E-state index in [1.54, 1.807) is 17.8 Å². The zero-order valence-electron chi connectivity index (χ0n) is 10.8. The Morgan fingerprint density at radius 2 is 2.10 bits per heavy atom. The number of aliphatic hydroxyl groups is 1. The lowest BCUT2D eigenvalue weighted by Crippen LogP contribution is -2.00. The van der Waals surface area contributed by atoms with Gasteiger partial charge in [-0.05, 0) is 6.92 Å². The van der Waals surface area contributed by atoms with Crippen LogP contribution < -0.4 is 0 Å². The number of rotatable bonds is 4. The van der Waals surface area contributed by atoms with E-state index in [0.29, 0.717) is 24.0 Å². The van der Waals surface area contributed by atoms with Crippen molar-refractivity contribution in [2.75, 3.05) is 0 Å². The molecule has 7 nitrogen and oxygen atoms in total. The van der Waals surface area contributed by atoms with Gasteiger partial charge in [0.05, 0.1) is 12.3 Å². The number of hydrogen-bond donors (Lipinski definition) is 1. The largest absolute Gasteiger partial charge is 0.387 e. The Labute approximate surface area is 114 Å². The highest BCUT2D eigenvalue weighted by Gasteiger charge is 2.11. The smallest absolute Gasteiger partial charge is 0.248 e. The number of nitrogens with zero attached hydrogens (tertiary/aromatic N) is 5. The van der Waals surface area contributed by atoms with Crippen LogP contribution in [0.25, 0.3) is 11.4 Å². The van der Waals surface area contributed by atoms with Gasteiger partial charge in [0.2, 0.25) is 11.7 Å². The standard InChI is InChI=1S/C13H13N5O2/c1-9(19)11-7-18(17-15-11)8-12-14-13(16-20-12)10-5-3-2-4-6-10/h2-7,9,19H,8H2,1H3. The molecule has 1 N–H and O–H groups in total. The molecule has 0 radical (unpaired) electrons. The van der Waals surface area contributed by atoms with E-state index in [1.165, 1.54) is 0 Å². The monoisotopic (exact) mass is 271 g/mol. The highest BCUT2D eigenvalue weighted by Crippen LogP contribution is 2.15. The molecule has 3 aromatic rings. The fourth-order valence-electron chi connectivity index (χ4n) is 1.74. The Bertz CT molecular complexity index is 690. The van der Waals surface area contributed by atoms with Gasteiger partial charge in [0.25, 0.3) is 0 Å². The Hall–Kier alpha value is -2.54. The summed E-state index contributed by atoms with van der Waals surface area (Å²) in [5, 5.41) is 21.1. The normalized spacial score (nSPS) is 12.5. The van der Waals surface area contributed by atoms with Gasteiger partial charge in [0.1, 0.15) is 12.2 Å². The van der Waals surface area contributed by atoms with Gasteiger partial charge in [-0.25, -0.2) is 4.68 Å². The Morgan fingerprint density at radius 3 is 2.80 bits per heavy atom. The molecule has 2 aromatic heterocycles. The quantitative estimate of drug-likeness (QED) is 0.772. The van der Waals surface area contributed by atoms with E-state index in [4.69, 9.17) is 4.52 Å². The zero-order chi connectivity index (χ0) is 13.9. The van der Waals surface area contributed by atoms with Crippen molar-refractivity contribution in [3.05, 3.63) is 48.1 Å². The van der Waals surface area contributed by atoms with Gasteiger partial charge in [-0.3, -0.25) is 0 Å². The summed E-state index contributed by atoms with van der Waals surface area (Å²) in [7, 11) is 0. The van der Waals surface area contributed by atoms with E-state index in [2.05, 4.69) is 20.5 Å². The topological polar surface area (TPSA) is 89.9 Å². The maximum absolute atomic E-state index is 9.39. The lowest BCUT2D eigenvalue weighted by molar-refractivity contribution is 0.194. The fourth-order valence-corrected chi connectivity index (χ4v) is 1.74. The first-order chi connectivity index (χ1) is 9.72. The average molecular weight is 271 g/mol. The molecule has 1 unspecified atom stereocenters. The van der Waals surface area contributed by atoms with Gasteiger partial charge in [0.15, 0.2) is 0 Å². The summed E-state index contributed by atoms with van der Waals surface area (Å²) in [6.45, 7) is 1.95. The van der Waals surface area contributed by atoms with E-state index >= 15 is 0 Å². The molecule has 3 rings (SSSR count). The third-order valence-electron chi connectivity index (χ3n) is 2.78. The molecule has 7 heteroatoms. The summed E-state index contributed by atoms with van der Waals surface area (Å²) in [6.07, 6.45) is 1.00. The molecule has 0 amide bonds. The summed E-state index contributed by atoms with van der Waals surface area (Å²) in [5.41, 5.74) is 1.40. The first-order valence-electron chi connectivity index (χ1n) is 6.18. The van der Waals surface area contributed by atoms with E-state index < -0.39 is 6.10 Å². The molecule has 0 fully saturated rings. The van der Waals surface area contributed by atoms with Crippen LogP contribution in [0.5, 0.6) is 0 Å². The van der Waals surface area contributed by atoms with Gasteiger partial charge in [-0.2, -0.15) is 4.98 Å². The molecule has 0 aliphatic carbocycles. The molecule has 0 bridgehead atoms. The molecular formula is C13H13N5O2. The van der Waals surface area contributed by atoms with Crippen LogP contribution in [0.15, 0.2) is 41.1 Å².